The average molecular weight is 258 g/mol. The highest BCUT2D eigenvalue weighted by Gasteiger charge is 2.14. The van der Waals surface area contributed by atoms with Crippen molar-refractivity contribution in [2.45, 2.75) is 27.2 Å². The Morgan fingerprint density at radius 3 is 2.43 bits per heavy atom. The molecular formula is C10H16BrN3. The second-order valence-corrected chi connectivity index (χ2v) is 5.01. The summed E-state index contributed by atoms with van der Waals surface area (Å²) in [5, 5.41) is 3.22. The van der Waals surface area contributed by atoms with Gasteiger partial charge in [0.05, 0.1) is 4.47 Å². The van der Waals surface area contributed by atoms with Gasteiger partial charge in [0.25, 0.3) is 0 Å². The standard InChI is InChI=1S/C10H16BrN3/c1-4-10(2,3)7-14-9-12-5-8(11)6-13-9/h5-6H,4,7H2,1-3H3,(H,12,13,14). The summed E-state index contributed by atoms with van der Waals surface area (Å²) in [7, 11) is 0. The molecule has 0 aliphatic carbocycles. The van der Waals surface area contributed by atoms with Gasteiger partial charge in [-0.3, -0.25) is 0 Å². The minimum atomic E-state index is 0.288. The molecule has 1 heterocycles. The third-order valence-electron chi connectivity index (χ3n) is 2.30. The second-order valence-electron chi connectivity index (χ2n) is 4.10. The Hall–Kier alpha value is -0.640. The van der Waals surface area contributed by atoms with Gasteiger partial charge in [-0.25, -0.2) is 9.97 Å². The fourth-order valence-corrected chi connectivity index (χ4v) is 1.05. The molecule has 0 aliphatic rings. The molecule has 0 saturated carbocycles. The lowest BCUT2D eigenvalue weighted by molar-refractivity contribution is 0.376. The number of aromatic nitrogens is 2. The van der Waals surface area contributed by atoms with Crippen LogP contribution in [-0.4, -0.2) is 16.5 Å². The van der Waals surface area contributed by atoms with Crippen LogP contribution in [-0.2, 0) is 0 Å². The fourth-order valence-electron chi connectivity index (χ4n) is 0.847. The van der Waals surface area contributed by atoms with Crippen LogP contribution in [0, 0.1) is 5.41 Å². The maximum absolute atomic E-state index is 4.15. The van der Waals surface area contributed by atoms with Crippen molar-refractivity contribution < 1.29 is 0 Å². The molecule has 0 aliphatic heterocycles. The summed E-state index contributed by atoms with van der Waals surface area (Å²) in [6, 6.07) is 0. The van der Waals surface area contributed by atoms with Crippen molar-refractivity contribution in [2.24, 2.45) is 5.41 Å². The molecule has 0 bridgehead atoms. The van der Waals surface area contributed by atoms with Crippen LogP contribution in [0.3, 0.4) is 0 Å². The van der Waals surface area contributed by atoms with Gasteiger partial charge in [-0.2, -0.15) is 0 Å². The number of nitrogens with one attached hydrogen (secondary N) is 1. The third-order valence-corrected chi connectivity index (χ3v) is 2.71. The van der Waals surface area contributed by atoms with E-state index in [0.717, 1.165) is 17.4 Å². The largest absolute Gasteiger partial charge is 0.354 e. The molecule has 0 radical (unpaired) electrons. The van der Waals surface area contributed by atoms with Gasteiger partial charge in [-0.15, -0.1) is 0 Å². The zero-order valence-electron chi connectivity index (χ0n) is 8.84. The van der Waals surface area contributed by atoms with E-state index in [1.54, 1.807) is 12.4 Å². The van der Waals surface area contributed by atoms with Crippen LogP contribution < -0.4 is 5.32 Å². The fraction of sp³-hybridized carbons (Fsp3) is 0.600. The lowest BCUT2D eigenvalue weighted by Crippen LogP contribution is -2.22. The molecule has 1 aromatic rings. The van der Waals surface area contributed by atoms with E-state index < -0.39 is 0 Å². The molecule has 1 N–H and O–H groups in total. The minimum Gasteiger partial charge on any atom is -0.354 e. The highest BCUT2D eigenvalue weighted by molar-refractivity contribution is 9.10. The highest BCUT2D eigenvalue weighted by Crippen LogP contribution is 2.19. The molecule has 0 atom stereocenters. The van der Waals surface area contributed by atoms with Crippen molar-refractivity contribution in [3.05, 3.63) is 16.9 Å². The third kappa shape index (κ3) is 3.62. The Labute approximate surface area is 93.5 Å². The van der Waals surface area contributed by atoms with Crippen molar-refractivity contribution in [1.82, 2.24) is 9.97 Å². The topological polar surface area (TPSA) is 37.8 Å². The minimum absolute atomic E-state index is 0.288. The average Bonchev–Trinajstić information content (AvgIpc) is 2.17. The predicted molar refractivity (Wildman–Crippen MR) is 62.3 cm³/mol. The molecular weight excluding hydrogens is 242 g/mol. The molecule has 0 spiro atoms. The molecule has 0 amide bonds. The van der Waals surface area contributed by atoms with Gasteiger partial charge >= 0.3 is 0 Å². The van der Waals surface area contributed by atoms with Crippen LogP contribution in [0.25, 0.3) is 0 Å². The Morgan fingerprint density at radius 2 is 1.93 bits per heavy atom. The Bertz CT molecular complexity index is 282. The molecule has 0 fully saturated rings. The van der Waals surface area contributed by atoms with Gasteiger partial charge in [0.1, 0.15) is 0 Å². The zero-order valence-corrected chi connectivity index (χ0v) is 10.4. The predicted octanol–water partition coefficient (Wildman–Crippen LogP) is 3.09. The normalized spacial score (nSPS) is 11.4. The van der Waals surface area contributed by atoms with E-state index in [-0.39, 0.29) is 5.41 Å². The summed E-state index contributed by atoms with van der Waals surface area (Å²) in [5.41, 5.74) is 0.288. The number of hydrogen-bond acceptors (Lipinski definition) is 3. The number of hydrogen-bond donors (Lipinski definition) is 1. The summed E-state index contributed by atoms with van der Waals surface area (Å²) < 4.78 is 0.901. The van der Waals surface area contributed by atoms with Gasteiger partial charge in [-0.05, 0) is 27.8 Å². The van der Waals surface area contributed by atoms with E-state index in [1.807, 2.05) is 0 Å². The van der Waals surface area contributed by atoms with Crippen LogP contribution in [0.5, 0.6) is 0 Å². The molecule has 0 saturated heterocycles. The summed E-state index contributed by atoms with van der Waals surface area (Å²) in [4.78, 5) is 8.29. The van der Waals surface area contributed by atoms with Crippen LogP contribution >= 0.6 is 15.9 Å². The van der Waals surface area contributed by atoms with Crippen LogP contribution in [0.4, 0.5) is 5.95 Å². The molecule has 1 rings (SSSR count). The first-order valence-corrected chi connectivity index (χ1v) is 5.54. The Morgan fingerprint density at radius 1 is 1.36 bits per heavy atom. The Balaban J connectivity index is 2.50. The smallest absolute Gasteiger partial charge is 0.222 e. The molecule has 3 nitrogen and oxygen atoms in total. The van der Waals surface area contributed by atoms with Crippen LogP contribution in [0.2, 0.25) is 0 Å². The van der Waals surface area contributed by atoms with E-state index in [0.29, 0.717) is 5.95 Å². The lowest BCUT2D eigenvalue weighted by Gasteiger charge is -2.22. The van der Waals surface area contributed by atoms with E-state index in [4.69, 9.17) is 0 Å². The first-order chi connectivity index (χ1) is 6.53. The molecule has 0 unspecified atom stereocenters. The van der Waals surface area contributed by atoms with E-state index >= 15 is 0 Å². The van der Waals surface area contributed by atoms with Gasteiger partial charge in [0, 0.05) is 18.9 Å². The molecule has 4 heteroatoms. The van der Waals surface area contributed by atoms with Gasteiger partial charge in [0.15, 0.2) is 0 Å². The molecule has 78 valence electrons. The first-order valence-electron chi connectivity index (χ1n) is 4.75. The maximum Gasteiger partial charge on any atom is 0.222 e. The summed E-state index contributed by atoms with van der Waals surface area (Å²) in [5.74, 6) is 0.690. The quantitative estimate of drug-likeness (QED) is 0.901. The summed E-state index contributed by atoms with van der Waals surface area (Å²) in [6.45, 7) is 7.52. The van der Waals surface area contributed by atoms with Crippen molar-refractivity contribution >= 4 is 21.9 Å². The Kier molecular flexibility index (Phi) is 3.86. The number of anilines is 1. The van der Waals surface area contributed by atoms with Crippen molar-refractivity contribution in [1.29, 1.82) is 0 Å². The van der Waals surface area contributed by atoms with Gasteiger partial charge in [-0.1, -0.05) is 20.8 Å². The second kappa shape index (κ2) is 4.73. The summed E-state index contributed by atoms with van der Waals surface area (Å²) in [6.07, 6.45) is 4.62. The van der Waals surface area contributed by atoms with E-state index in [1.165, 1.54) is 0 Å². The molecule has 1 aromatic heterocycles. The lowest BCUT2D eigenvalue weighted by atomic mass is 9.90. The first kappa shape index (κ1) is 11.4. The SMILES string of the molecule is CCC(C)(C)CNc1ncc(Br)cn1. The van der Waals surface area contributed by atoms with Crippen molar-refractivity contribution in [2.75, 3.05) is 11.9 Å². The molecule has 14 heavy (non-hydrogen) atoms. The number of nitrogens with zero attached hydrogens (tertiary/aromatic N) is 2. The molecule has 0 aromatic carbocycles. The summed E-state index contributed by atoms with van der Waals surface area (Å²) >= 11 is 3.30. The van der Waals surface area contributed by atoms with Gasteiger partial charge < -0.3 is 5.32 Å². The highest BCUT2D eigenvalue weighted by atomic mass is 79.9. The monoisotopic (exact) mass is 257 g/mol. The van der Waals surface area contributed by atoms with Crippen molar-refractivity contribution in [3.8, 4) is 0 Å². The zero-order chi connectivity index (χ0) is 10.6. The van der Waals surface area contributed by atoms with E-state index in [9.17, 15) is 0 Å². The number of rotatable bonds is 4. The van der Waals surface area contributed by atoms with Crippen LogP contribution in [0.1, 0.15) is 27.2 Å². The van der Waals surface area contributed by atoms with Gasteiger partial charge in [0.2, 0.25) is 5.95 Å². The van der Waals surface area contributed by atoms with Crippen LogP contribution in [0.15, 0.2) is 16.9 Å². The van der Waals surface area contributed by atoms with Crippen molar-refractivity contribution in [3.63, 3.8) is 0 Å². The number of halogens is 1. The maximum atomic E-state index is 4.15. The van der Waals surface area contributed by atoms with E-state index in [2.05, 4.69) is 52.0 Å².